The third-order valence-corrected chi connectivity index (χ3v) is 3.17. The number of hydrogen-bond donors (Lipinski definition) is 0. The fourth-order valence-electron chi connectivity index (χ4n) is 1.02. The second kappa shape index (κ2) is 6.47. The van der Waals surface area contributed by atoms with Crippen LogP contribution in [0.5, 0.6) is 0 Å². The second-order valence-corrected chi connectivity index (χ2v) is 4.48. The molecule has 0 saturated heterocycles. The number of esters is 1. The van der Waals surface area contributed by atoms with Crippen molar-refractivity contribution in [2.75, 3.05) is 26.6 Å². The molecule has 0 N–H and O–H groups in total. The molecule has 1 aromatic heterocycles. The highest BCUT2D eigenvalue weighted by Crippen LogP contribution is 2.10. The van der Waals surface area contributed by atoms with Crippen molar-refractivity contribution in [2.24, 2.45) is 0 Å². The predicted octanol–water partition coefficient (Wildman–Crippen LogP) is 0.622. The fraction of sp³-hybridized carbons (Fsp3) is 0.400. The highest BCUT2D eigenvalue weighted by Gasteiger charge is 2.13. The largest absolute Gasteiger partial charge is 0.611 e. The Morgan fingerprint density at radius 2 is 2.25 bits per heavy atom. The predicted molar refractivity (Wildman–Crippen MR) is 58.7 cm³/mol. The van der Waals surface area contributed by atoms with Crippen LogP contribution in [-0.4, -0.2) is 42.1 Å². The molecule has 1 rings (SSSR count). The molecule has 1 unspecified atom stereocenters. The molecule has 0 saturated carbocycles. The van der Waals surface area contributed by atoms with Gasteiger partial charge in [0.15, 0.2) is 4.90 Å². The van der Waals surface area contributed by atoms with Crippen LogP contribution in [0.2, 0.25) is 0 Å². The molecule has 1 heterocycles. The smallest absolute Gasteiger partial charge is 0.356 e. The van der Waals surface area contributed by atoms with Crippen molar-refractivity contribution in [1.82, 2.24) is 4.98 Å². The first kappa shape index (κ1) is 13.0. The number of rotatable bonds is 5. The van der Waals surface area contributed by atoms with Gasteiger partial charge in [0.2, 0.25) is 0 Å². The number of methoxy groups -OCH3 is 2. The molecule has 5 nitrogen and oxygen atoms in total. The van der Waals surface area contributed by atoms with Gasteiger partial charge in [0, 0.05) is 7.11 Å². The first-order valence-corrected chi connectivity index (χ1v) is 5.92. The van der Waals surface area contributed by atoms with Gasteiger partial charge in [0.05, 0.1) is 19.9 Å². The molecule has 1 aromatic rings. The Morgan fingerprint density at radius 3 is 2.75 bits per heavy atom. The topological polar surface area (TPSA) is 71.5 Å². The molecule has 0 aliphatic heterocycles. The monoisotopic (exact) mass is 243 g/mol. The lowest BCUT2D eigenvalue weighted by atomic mass is 10.3. The van der Waals surface area contributed by atoms with Crippen LogP contribution in [-0.2, 0) is 20.6 Å². The minimum Gasteiger partial charge on any atom is -0.611 e. The summed E-state index contributed by atoms with van der Waals surface area (Å²) in [5.74, 6) is -0.0929. The number of carbonyl (C=O) groups excluding carboxylic acids is 1. The standard InChI is InChI=1S/C10H13NO4S/c1-14-5-6-16(13)8-3-4-9(11-7-8)10(12)15-2/h3-4,7H,5-6H2,1-2H3. The number of pyridine rings is 1. The summed E-state index contributed by atoms with van der Waals surface area (Å²) in [7, 11) is 2.84. The maximum atomic E-state index is 11.6. The summed E-state index contributed by atoms with van der Waals surface area (Å²) in [4.78, 5) is 15.5. The Balaban J connectivity index is 2.67. The number of aromatic nitrogens is 1. The maximum Gasteiger partial charge on any atom is 0.356 e. The van der Waals surface area contributed by atoms with E-state index in [1.165, 1.54) is 19.4 Å². The minimum absolute atomic E-state index is 0.204. The molecule has 0 fully saturated rings. The average Bonchev–Trinajstić information content (AvgIpc) is 2.35. The van der Waals surface area contributed by atoms with Crippen LogP contribution in [0.15, 0.2) is 23.2 Å². The molecule has 1 atom stereocenters. The van der Waals surface area contributed by atoms with E-state index >= 15 is 0 Å². The van der Waals surface area contributed by atoms with Crippen LogP contribution in [0.1, 0.15) is 10.5 Å². The van der Waals surface area contributed by atoms with Crippen LogP contribution in [0.25, 0.3) is 0 Å². The van der Waals surface area contributed by atoms with E-state index in [1.807, 2.05) is 0 Å². The van der Waals surface area contributed by atoms with Gasteiger partial charge in [-0.05, 0) is 23.3 Å². The summed E-state index contributed by atoms with van der Waals surface area (Å²) in [6, 6.07) is 3.09. The summed E-state index contributed by atoms with van der Waals surface area (Å²) in [6.07, 6.45) is 1.41. The summed E-state index contributed by atoms with van der Waals surface area (Å²) >= 11 is -1.15. The van der Waals surface area contributed by atoms with Crippen molar-refractivity contribution in [1.29, 1.82) is 0 Å². The van der Waals surface area contributed by atoms with E-state index in [-0.39, 0.29) is 5.69 Å². The van der Waals surface area contributed by atoms with E-state index < -0.39 is 17.1 Å². The van der Waals surface area contributed by atoms with Gasteiger partial charge in [-0.3, -0.25) is 0 Å². The minimum atomic E-state index is -1.15. The Bertz CT molecular complexity index is 341. The molecular weight excluding hydrogens is 230 g/mol. The molecule has 0 amide bonds. The van der Waals surface area contributed by atoms with Gasteiger partial charge < -0.3 is 14.0 Å². The zero-order chi connectivity index (χ0) is 12.0. The van der Waals surface area contributed by atoms with Crippen LogP contribution >= 0.6 is 0 Å². The van der Waals surface area contributed by atoms with E-state index in [1.54, 1.807) is 13.2 Å². The maximum absolute atomic E-state index is 11.6. The van der Waals surface area contributed by atoms with Crippen molar-refractivity contribution in [3.63, 3.8) is 0 Å². The number of carbonyl (C=O) groups is 1. The van der Waals surface area contributed by atoms with Gasteiger partial charge in [0.1, 0.15) is 11.4 Å². The van der Waals surface area contributed by atoms with Gasteiger partial charge >= 0.3 is 5.97 Å². The number of nitrogens with zero attached hydrogens (tertiary/aromatic N) is 1. The lowest BCUT2D eigenvalue weighted by Crippen LogP contribution is -2.12. The Hall–Kier alpha value is -1.11. The molecular formula is C10H13NO4S. The molecule has 16 heavy (non-hydrogen) atoms. The fourth-order valence-corrected chi connectivity index (χ4v) is 1.96. The quantitative estimate of drug-likeness (QED) is 0.560. The third kappa shape index (κ3) is 3.48. The van der Waals surface area contributed by atoms with Gasteiger partial charge in [-0.15, -0.1) is 0 Å². The first-order chi connectivity index (χ1) is 7.69. The SMILES string of the molecule is COCC[S+]([O-])c1ccc(C(=O)OC)nc1. The molecule has 0 aliphatic carbocycles. The van der Waals surface area contributed by atoms with E-state index in [0.717, 1.165) is 0 Å². The lowest BCUT2D eigenvalue weighted by Gasteiger charge is -2.09. The molecule has 0 aliphatic rings. The van der Waals surface area contributed by atoms with Crippen molar-refractivity contribution in [3.8, 4) is 0 Å². The zero-order valence-electron chi connectivity index (χ0n) is 9.13. The van der Waals surface area contributed by atoms with Gasteiger partial charge in [-0.1, -0.05) is 0 Å². The number of ether oxygens (including phenoxy) is 2. The molecule has 0 aromatic carbocycles. The Morgan fingerprint density at radius 1 is 1.50 bits per heavy atom. The Kier molecular flexibility index (Phi) is 5.24. The van der Waals surface area contributed by atoms with Crippen molar-refractivity contribution < 1.29 is 18.8 Å². The van der Waals surface area contributed by atoms with Crippen molar-refractivity contribution in [3.05, 3.63) is 24.0 Å². The highest BCUT2D eigenvalue weighted by molar-refractivity contribution is 7.91. The zero-order valence-corrected chi connectivity index (χ0v) is 9.95. The molecule has 0 spiro atoms. The lowest BCUT2D eigenvalue weighted by molar-refractivity contribution is 0.0594. The summed E-state index contributed by atoms with van der Waals surface area (Å²) in [5, 5.41) is 0. The van der Waals surface area contributed by atoms with E-state index in [4.69, 9.17) is 4.74 Å². The molecule has 88 valence electrons. The van der Waals surface area contributed by atoms with Gasteiger partial charge in [0.25, 0.3) is 0 Å². The van der Waals surface area contributed by atoms with E-state index in [0.29, 0.717) is 17.3 Å². The highest BCUT2D eigenvalue weighted by atomic mass is 32.2. The summed E-state index contributed by atoms with van der Waals surface area (Å²) < 4.78 is 21.0. The first-order valence-electron chi connectivity index (χ1n) is 4.60. The summed E-state index contributed by atoms with van der Waals surface area (Å²) in [6.45, 7) is 0.422. The van der Waals surface area contributed by atoms with Gasteiger partial charge in [-0.2, -0.15) is 0 Å². The van der Waals surface area contributed by atoms with Crippen LogP contribution in [0, 0.1) is 0 Å². The average molecular weight is 243 g/mol. The normalized spacial score (nSPS) is 12.2. The molecule has 0 radical (unpaired) electrons. The summed E-state index contributed by atoms with van der Waals surface area (Å²) in [5.41, 5.74) is 0.204. The number of hydrogen-bond acceptors (Lipinski definition) is 5. The Labute approximate surface area is 97.0 Å². The molecule has 6 heteroatoms. The van der Waals surface area contributed by atoms with Crippen LogP contribution < -0.4 is 0 Å². The van der Waals surface area contributed by atoms with E-state index in [9.17, 15) is 9.35 Å². The second-order valence-electron chi connectivity index (χ2n) is 2.91. The van der Waals surface area contributed by atoms with Crippen molar-refractivity contribution in [2.45, 2.75) is 4.90 Å². The third-order valence-electron chi connectivity index (χ3n) is 1.87. The van der Waals surface area contributed by atoms with Crippen LogP contribution in [0.4, 0.5) is 0 Å². The van der Waals surface area contributed by atoms with E-state index in [2.05, 4.69) is 9.72 Å². The molecule has 0 bridgehead atoms. The van der Waals surface area contributed by atoms with Crippen molar-refractivity contribution >= 4 is 17.1 Å². The van der Waals surface area contributed by atoms with Gasteiger partial charge in [-0.25, -0.2) is 9.78 Å². The van der Waals surface area contributed by atoms with Crippen LogP contribution in [0.3, 0.4) is 0 Å².